The summed E-state index contributed by atoms with van der Waals surface area (Å²) in [5, 5.41) is 4.08. The van der Waals surface area contributed by atoms with E-state index in [1.165, 1.54) is 25.5 Å². The highest BCUT2D eigenvalue weighted by Gasteiger charge is 2.12. The molecule has 0 saturated carbocycles. The maximum atomic E-state index is 13.1. The minimum Gasteiger partial charge on any atom is -0.493 e. The van der Waals surface area contributed by atoms with Gasteiger partial charge in [0.15, 0.2) is 11.5 Å². The summed E-state index contributed by atoms with van der Waals surface area (Å²) in [5.41, 5.74) is 4.32. The second kappa shape index (κ2) is 11.8. The van der Waals surface area contributed by atoms with Crippen molar-refractivity contribution in [2.24, 2.45) is 5.10 Å². The van der Waals surface area contributed by atoms with Crippen LogP contribution in [0.2, 0.25) is 0 Å². The van der Waals surface area contributed by atoms with E-state index in [9.17, 15) is 9.18 Å². The molecule has 0 aliphatic rings. The van der Waals surface area contributed by atoms with Gasteiger partial charge in [-0.05, 0) is 70.9 Å². The summed E-state index contributed by atoms with van der Waals surface area (Å²) in [5.74, 6) is 0.835. The maximum absolute atomic E-state index is 13.1. The Bertz CT molecular complexity index is 1150. The molecule has 0 aromatic heterocycles. The molecule has 3 aromatic rings. The Morgan fingerprint density at radius 2 is 1.82 bits per heavy atom. The van der Waals surface area contributed by atoms with E-state index in [-0.39, 0.29) is 12.4 Å². The number of carbonyl (C=O) groups is 1. The van der Waals surface area contributed by atoms with Gasteiger partial charge in [-0.1, -0.05) is 28.1 Å². The summed E-state index contributed by atoms with van der Waals surface area (Å²) in [4.78, 5) is 12.5. The van der Waals surface area contributed by atoms with Crippen LogP contribution >= 0.6 is 31.9 Å². The van der Waals surface area contributed by atoms with Crippen LogP contribution < -0.4 is 19.6 Å². The molecule has 172 valence electrons. The van der Waals surface area contributed by atoms with Gasteiger partial charge >= 0.3 is 0 Å². The number of amides is 1. The van der Waals surface area contributed by atoms with Crippen LogP contribution in [0.25, 0.3) is 0 Å². The van der Waals surface area contributed by atoms with Crippen LogP contribution in [0.5, 0.6) is 17.2 Å². The zero-order chi connectivity index (χ0) is 23.8. The van der Waals surface area contributed by atoms with Crippen molar-refractivity contribution in [2.75, 3.05) is 13.7 Å². The van der Waals surface area contributed by atoms with Gasteiger partial charge in [0.2, 0.25) is 0 Å². The summed E-state index contributed by atoms with van der Waals surface area (Å²) < 4.78 is 31.3. The molecule has 0 fully saturated rings. The van der Waals surface area contributed by atoms with Crippen LogP contribution in [0, 0.1) is 5.82 Å². The van der Waals surface area contributed by atoms with E-state index in [2.05, 4.69) is 42.4 Å². The quantitative estimate of drug-likeness (QED) is 0.246. The van der Waals surface area contributed by atoms with Gasteiger partial charge in [-0.3, -0.25) is 4.79 Å². The molecule has 6 nitrogen and oxygen atoms in total. The fourth-order valence-corrected chi connectivity index (χ4v) is 4.25. The molecule has 0 atom stereocenters. The fourth-order valence-electron chi connectivity index (χ4n) is 2.88. The first-order chi connectivity index (χ1) is 15.9. The van der Waals surface area contributed by atoms with Crippen LogP contribution in [0.15, 0.2) is 68.6 Å². The normalized spacial score (nSPS) is 10.8. The number of hydrogen-bond donors (Lipinski definition) is 1. The molecule has 0 aliphatic heterocycles. The van der Waals surface area contributed by atoms with Gasteiger partial charge in [0.05, 0.1) is 24.4 Å². The van der Waals surface area contributed by atoms with Crippen LogP contribution in [-0.2, 0) is 6.61 Å². The highest BCUT2D eigenvalue weighted by atomic mass is 79.9. The molecular weight excluding hydrogens is 559 g/mol. The molecule has 33 heavy (non-hydrogen) atoms. The number of nitrogens with zero attached hydrogens (tertiary/aromatic N) is 1. The second-order valence-corrected chi connectivity index (χ2v) is 8.49. The van der Waals surface area contributed by atoms with Crippen molar-refractivity contribution in [2.45, 2.75) is 13.5 Å². The molecule has 9 heteroatoms. The Kier molecular flexibility index (Phi) is 8.85. The molecule has 0 unspecified atom stereocenters. The van der Waals surface area contributed by atoms with Crippen LogP contribution in [0.1, 0.15) is 28.4 Å². The third-order valence-electron chi connectivity index (χ3n) is 4.43. The number of ether oxygens (including phenoxy) is 3. The van der Waals surface area contributed by atoms with Crippen molar-refractivity contribution >= 4 is 44.0 Å². The molecular formula is C24H21Br2FN2O4. The third-order valence-corrected chi connectivity index (χ3v) is 5.48. The number of carbonyl (C=O) groups excluding carboxylic acids is 1. The lowest BCUT2D eigenvalue weighted by molar-refractivity contribution is 0.0954. The van der Waals surface area contributed by atoms with E-state index in [1.54, 1.807) is 36.4 Å². The van der Waals surface area contributed by atoms with Gasteiger partial charge in [0.25, 0.3) is 5.91 Å². The van der Waals surface area contributed by atoms with E-state index in [4.69, 9.17) is 14.2 Å². The molecule has 3 rings (SSSR count). The average Bonchev–Trinajstić information content (AvgIpc) is 2.79. The monoisotopic (exact) mass is 578 g/mol. The van der Waals surface area contributed by atoms with Gasteiger partial charge in [-0.25, -0.2) is 9.82 Å². The smallest absolute Gasteiger partial charge is 0.271 e. The van der Waals surface area contributed by atoms with E-state index >= 15 is 0 Å². The van der Waals surface area contributed by atoms with E-state index in [0.29, 0.717) is 39.5 Å². The Balaban J connectivity index is 1.74. The fraction of sp³-hybridized carbons (Fsp3) is 0.167. The van der Waals surface area contributed by atoms with Gasteiger partial charge < -0.3 is 14.2 Å². The highest BCUT2D eigenvalue weighted by Crippen LogP contribution is 2.33. The molecule has 0 saturated heterocycles. The average molecular weight is 580 g/mol. The van der Waals surface area contributed by atoms with Crippen molar-refractivity contribution in [1.29, 1.82) is 0 Å². The molecule has 1 N–H and O–H groups in total. The van der Waals surface area contributed by atoms with Gasteiger partial charge in [-0.15, -0.1) is 0 Å². The van der Waals surface area contributed by atoms with Crippen LogP contribution in [0.4, 0.5) is 4.39 Å². The summed E-state index contributed by atoms with van der Waals surface area (Å²) in [6.07, 6.45) is 1.49. The highest BCUT2D eigenvalue weighted by molar-refractivity contribution is 9.11. The molecule has 0 aliphatic carbocycles. The number of halogens is 3. The van der Waals surface area contributed by atoms with E-state index < -0.39 is 5.91 Å². The topological polar surface area (TPSA) is 69.2 Å². The van der Waals surface area contributed by atoms with E-state index in [0.717, 1.165) is 10.0 Å². The van der Waals surface area contributed by atoms with Crippen molar-refractivity contribution in [3.05, 3.63) is 86.1 Å². The van der Waals surface area contributed by atoms with Crippen molar-refractivity contribution in [3.8, 4) is 17.2 Å². The van der Waals surface area contributed by atoms with Gasteiger partial charge in [0, 0.05) is 15.6 Å². The van der Waals surface area contributed by atoms with Crippen molar-refractivity contribution in [1.82, 2.24) is 5.43 Å². The van der Waals surface area contributed by atoms with Crippen molar-refractivity contribution in [3.63, 3.8) is 0 Å². The number of benzene rings is 3. The Labute approximate surface area is 208 Å². The molecule has 0 heterocycles. The van der Waals surface area contributed by atoms with Crippen molar-refractivity contribution < 1.29 is 23.4 Å². The minimum absolute atomic E-state index is 0.236. The first-order valence-electron chi connectivity index (χ1n) is 9.91. The van der Waals surface area contributed by atoms with Gasteiger partial charge in [0.1, 0.15) is 18.2 Å². The standard InChI is InChI=1S/C24H21Br2FN2O4/c1-3-32-22-11-16(6-9-21(22)31-2)24(30)29-28-13-17-10-18(25)12-20(26)23(17)33-14-15-4-7-19(27)8-5-15/h4-13H,3,14H2,1-2H3,(H,29,30)/b28-13+. The summed E-state index contributed by atoms with van der Waals surface area (Å²) >= 11 is 6.93. The molecule has 3 aromatic carbocycles. The lowest BCUT2D eigenvalue weighted by Crippen LogP contribution is -2.18. The molecule has 0 radical (unpaired) electrons. The number of nitrogens with one attached hydrogen (secondary N) is 1. The largest absolute Gasteiger partial charge is 0.493 e. The number of hydrazone groups is 1. The molecule has 1 amide bonds. The predicted molar refractivity (Wildman–Crippen MR) is 132 cm³/mol. The maximum Gasteiger partial charge on any atom is 0.271 e. The van der Waals surface area contributed by atoms with Crippen LogP contribution in [-0.4, -0.2) is 25.8 Å². The number of methoxy groups -OCH3 is 1. The Morgan fingerprint density at radius 1 is 1.06 bits per heavy atom. The molecule has 0 spiro atoms. The first kappa shape index (κ1) is 24.7. The zero-order valence-corrected chi connectivity index (χ0v) is 21.1. The lowest BCUT2D eigenvalue weighted by Gasteiger charge is -2.12. The zero-order valence-electron chi connectivity index (χ0n) is 17.9. The number of rotatable bonds is 9. The Hall–Kier alpha value is -2.91. The van der Waals surface area contributed by atoms with E-state index in [1.807, 2.05) is 13.0 Å². The Morgan fingerprint density at radius 3 is 2.52 bits per heavy atom. The summed E-state index contributed by atoms with van der Waals surface area (Å²) in [6.45, 7) is 2.53. The second-order valence-electron chi connectivity index (χ2n) is 6.72. The summed E-state index contributed by atoms with van der Waals surface area (Å²) in [7, 11) is 1.54. The van der Waals surface area contributed by atoms with Crippen LogP contribution in [0.3, 0.4) is 0 Å². The summed E-state index contributed by atoms with van der Waals surface area (Å²) in [6, 6.07) is 14.6. The predicted octanol–water partition coefficient (Wildman–Crippen LogP) is 6.10. The van der Waals surface area contributed by atoms with Gasteiger partial charge in [-0.2, -0.15) is 5.10 Å². The number of hydrogen-bond acceptors (Lipinski definition) is 5. The minimum atomic E-state index is -0.405. The first-order valence-corrected chi connectivity index (χ1v) is 11.5. The molecule has 0 bridgehead atoms. The lowest BCUT2D eigenvalue weighted by atomic mass is 10.2. The SMILES string of the molecule is CCOc1cc(C(=O)N/N=C/c2cc(Br)cc(Br)c2OCc2ccc(F)cc2)ccc1OC. The third kappa shape index (κ3) is 6.79.